The van der Waals surface area contributed by atoms with Crippen molar-refractivity contribution in [1.82, 2.24) is 0 Å². The van der Waals surface area contributed by atoms with Crippen LogP contribution in [0.15, 0.2) is 24.3 Å². The molecule has 8 nitrogen and oxygen atoms in total. The third kappa shape index (κ3) is 24.0. The molecule has 0 amide bonds. The molecular weight excluding hydrogens is 532 g/mol. The van der Waals surface area contributed by atoms with Crippen LogP contribution in [0.25, 0.3) is 0 Å². The third-order valence-electron chi connectivity index (χ3n) is 5.58. The molecule has 40 heavy (non-hydrogen) atoms. The molecule has 9 heteroatoms. The zero-order valence-electron chi connectivity index (χ0n) is 25.2. The van der Waals surface area contributed by atoms with E-state index < -0.39 is 11.6 Å². The van der Waals surface area contributed by atoms with E-state index in [0.29, 0.717) is 51.1 Å². The molecule has 0 aliphatic carbocycles. The van der Waals surface area contributed by atoms with Crippen LogP contribution in [0, 0.1) is 0 Å². The highest BCUT2D eigenvalue weighted by atomic mass is 32.2. The zero-order chi connectivity index (χ0) is 29.3. The van der Waals surface area contributed by atoms with E-state index in [1.54, 1.807) is 31.2 Å². The summed E-state index contributed by atoms with van der Waals surface area (Å²) in [4.78, 5) is 22.6. The average Bonchev–Trinajstić information content (AvgIpc) is 2.90. The Balaban J connectivity index is 1.81. The summed E-state index contributed by atoms with van der Waals surface area (Å²) in [6.45, 7) is 10.9. The van der Waals surface area contributed by atoms with Crippen LogP contribution in [-0.4, -0.2) is 75.3 Å². The summed E-state index contributed by atoms with van der Waals surface area (Å²) in [7, 11) is 0. The summed E-state index contributed by atoms with van der Waals surface area (Å²) in [5.74, 6) is 1.85. The lowest BCUT2D eigenvalue weighted by Gasteiger charge is -2.19. The Hall–Kier alpha value is -1.81. The Labute approximate surface area is 246 Å². The van der Waals surface area contributed by atoms with Crippen LogP contribution in [-0.2, 0) is 28.5 Å². The Morgan fingerprint density at radius 3 is 1.60 bits per heavy atom. The van der Waals surface area contributed by atoms with E-state index in [4.69, 9.17) is 28.4 Å². The summed E-state index contributed by atoms with van der Waals surface area (Å²) in [5.41, 5.74) is -0.527. The first-order valence-corrected chi connectivity index (χ1v) is 15.7. The largest absolute Gasteiger partial charge is 0.491 e. The van der Waals surface area contributed by atoms with Gasteiger partial charge in [-0.1, -0.05) is 56.7 Å². The van der Waals surface area contributed by atoms with Crippen molar-refractivity contribution in [3.8, 4) is 11.5 Å². The first kappa shape index (κ1) is 36.2. The highest BCUT2D eigenvalue weighted by Crippen LogP contribution is 2.18. The number of unbranched alkanes of at least 4 members (excludes halogenated alkanes) is 8. The third-order valence-corrected chi connectivity index (χ3v) is 6.48. The minimum atomic E-state index is -0.527. The van der Waals surface area contributed by atoms with Crippen LogP contribution in [0.5, 0.6) is 11.5 Å². The van der Waals surface area contributed by atoms with Crippen LogP contribution < -0.4 is 9.47 Å². The van der Waals surface area contributed by atoms with Gasteiger partial charge in [0, 0.05) is 19.3 Å². The van der Waals surface area contributed by atoms with Crippen molar-refractivity contribution in [3.05, 3.63) is 24.3 Å². The second kappa shape index (κ2) is 23.9. The van der Waals surface area contributed by atoms with E-state index in [1.807, 2.05) is 20.8 Å². The predicted molar refractivity (Wildman–Crippen MR) is 160 cm³/mol. The molecule has 0 unspecified atom stereocenters. The molecule has 0 fully saturated rings. The number of rotatable bonds is 25. The maximum Gasteiger partial charge on any atom is 0.344 e. The molecule has 0 saturated carbocycles. The summed E-state index contributed by atoms with van der Waals surface area (Å²) in [5, 5.41) is 0.229. The minimum Gasteiger partial charge on any atom is -0.491 e. The Kier molecular flexibility index (Phi) is 21.6. The molecule has 1 rings (SSSR count). The van der Waals surface area contributed by atoms with Gasteiger partial charge in [-0.3, -0.25) is 4.79 Å². The lowest BCUT2D eigenvalue weighted by molar-refractivity contribution is -0.157. The minimum absolute atomic E-state index is 0.133. The van der Waals surface area contributed by atoms with Gasteiger partial charge in [0.25, 0.3) is 0 Å². The van der Waals surface area contributed by atoms with Crippen LogP contribution in [0.4, 0.5) is 0 Å². The quantitative estimate of drug-likeness (QED) is 0.0928. The number of hydrogen-bond acceptors (Lipinski definition) is 9. The average molecular weight is 585 g/mol. The highest BCUT2D eigenvalue weighted by Gasteiger charge is 2.16. The van der Waals surface area contributed by atoms with Crippen LogP contribution in [0.3, 0.4) is 0 Å². The van der Waals surface area contributed by atoms with Crippen molar-refractivity contribution in [2.45, 2.75) is 91.1 Å². The number of carbonyl (C=O) groups is 2. The molecule has 0 aliphatic heterocycles. The van der Waals surface area contributed by atoms with Crippen LogP contribution in [0.1, 0.15) is 85.5 Å². The van der Waals surface area contributed by atoms with Gasteiger partial charge in [0.05, 0.1) is 33.0 Å². The number of esters is 1. The van der Waals surface area contributed by atoms with E-state index >= 15 is 0 Å². The summed E-state index contributed by atoms with van der Waals surface area (Å²) >= 11 is 1.44. The maximum atomic E-state index is 11.7. The zero-order valence-corrected chi connectivity index (χ0v) is 26.0. The molecule has 0 N–H and O–H groups in total. The second-order valence-electron chi connectivity index (χ2n) is 10.6. The van der Waals surface area contributed by atoms with Crippen molar-refractivity contribution < 1.29 is 38.0 Å². The number of carbonyl (C=O) groups excluding carboxylic acids is 2. The van der Waals surface area contributed by atoms with Gasteiger partial charge in [0.1, 0.15) is 23.7 Å². The second-order valence-corrected chi connectivity index (χ2v) is 11.8. The fourth-order valence-electron chi connectivity index (χ4n) is 3.67. The van der Waals surface area contributed by atoms with Crippen LogP contribution >= 0.6 is 11.8 Å². The summed E-state index contributed by atoms with van der Waals surface area (Å²) in [6, 6.07) is 7.08. The van der Waals surface area contributed by atoms with E-state index in [1.165, 1.54) is 56.7 Å². The monoisotopic (exact) mass is 584 g/mol. The van der Waals surface area contributed by atoms with E-state index in [2.05, 4.69) is 0 Å². The normalized spacial score (nSPS) is 11.4. The van der Waals surface area contributed by atoms with Gasteiger partial charge < -0.3 is 28.4 Å². The predicted octanol–water partition coefficient (Wildman–Crippen LogP) is 6.63. The Morgan fingerprint density at radius 1 is 0.625 bits per heavy atom. The number of benzene rings is 1. The molecule has 230 valence electrons. The molecule has 0 aliphatic rings. The van der Waals surface area contributed by atoms with Gasteiger partial charge in [0.2, 0.25) is 0 Å². The van der Waals surface area contributed by atoms with Crippen molar-refractivity contribution >= 4 is 22.8 Å². The van der Waals surface area contributed by atoms with Crippen molar-refractivity contribution in [1.29, 1.82) is 0 Å². The molecule has 0 saturated heterocycles. The SMILES string of the molecule is CC(=O)SCCCCCCCCCCCOCCOCCOCCOc1ccc(OCC(=O)OC(C)(C)C)cc1. The highest BCUT2D eigenvalue weighted by molar-refractivity contribution is 8.13. The molecule has 0 atom stereocenters. The molecule has 0 radical (unpaired) electrons. The van der Waals surface area contributed by atoms with Gasteiger partial charge >= 0.3 is 5.97 Å². The first-order chi connectivity index (χ1) is 19.3. The fourth-order valence-corrected chi connectivity index (χ4v) is 4.30. The Morgan fingerprint density at radius 2 is 1.07 bits per heavy atom. The van der Waals surface area contributed by atoms with Crippen molar-refractivity contribution in [3.63, 3.8) is 0 Å². The smallest absolute Gasteiger partial charge is 0.344 e. The molecule has 0 heterocycles. The van der Waals surface area contributed by atoms with Gasteiger partial charge in [-0.05, 0) is 57.9 Å². The van der Waals surface area contributed by atoms with E-state index in [-0.39, 0.29) is 11.7 Å². The fraction of sp³-hybridized carbons (Fsp3) is 0.742. The number of ether oxygens (including phenoxy) is 6. The lowest BCUT2D eigenvalue weighted by atomic mass is 10.1. The van der Waals surface area contributed by atoms with Gasteiger partial charge in [-0.2, -0.15) is 0 Å². The number of thioether (sulfide) groups is 1. The first-order valence-electron chi connectivity index (χ1n) is 14.7. The van der Waals surface area contributed by atoms with Crippen molar-refractivity contribution in [2.24, 2.45) is 0 Å². The molecule has 1 aromatic carbocycles. The van der Waals surface area contributed by atoms with Gasteiger partial charge in [0.15, 0.2) is 11.7 Å². The summed E-state index contributed by atoms with van der Waals surface area (Å²) < 4.78 is 33.0. The van der Waals surface area contributed by atoms with Gasteiger partial charge in [-0.15, -0.1) is 0 Å². The van der Waals surface area contributed by atoms with Gasteiger partial charge in [-0.25, -0.2) is 4.79 Å². The summed E-state index contributed by atoms with van der Waals surface area (Å²) in [6.07, 6.45) is 11.2. The Bertz CT molecular complexity index is 764. The number of hydrogen-bond donors (Lipinski definition) is 0. The lowest BCUT2D eigenvalue weighted by Crippen LogP contribution is -2.27. The topological polar surface area (TPSA) is 89.5 Å². The molecular formula is C31H52O8S. The van der Waals surface area contributed by atoms with E-state index in [9.17, 15) is 9.59 Å². The molecule has 0 bridgehead atoms. The molecule has 1 aromatic rings. The standard InChI is InChI=1S/C31H52O8S/c1-27(32)40-25-13-11-9-7-5-6-8-10-12-18-34-19-20-35-21-22-36-23-24-37-28-14-16-29(17-15-28)38-26-30(33)39-31(2,3)4/h14-17H,5-13,18-26H2,1-4H3. The van der Waals surface area contributed by atoms with E-state index in [0.717, 1.165) is 25.2 Å². The maximum absolute atomic E-state index is 11.7. The van der Waals surface area contributed by atoms with Crippen molar-refractivity contribution in [2.75, 3.05) is 58.6 Å². The molecule has 0 aromatic heterocycles. The van der Waals surface area contributed by atoms with Crippen LogP contribution in [0.2, 0.25) is 0 Å². The molecule has 0 spiro atoms.